The van der Waals surface area contributed by atoms with Crippen LogP contribution in [0.4, 0.5) is 8.78 Å². The van der Waals surface area contributed by atoms with Crippen molar-refractivity contribution in [3.8, 4) is 22.8 Å². The number of aryl methyl sites for hydroxylation is 1. The SMILES string of the molecule is COc1ncc(-c2ccnc3ccc(O[C@H]4CCN(C(=O)[C@@H]5CCN(C(C)=O)C5)C4)c(C)c23)cc1C(F)F. The normalized spacial score (nSPS) is 19.4. The van der Waals surface area contributed by atoms with E-state index in [2.05, 4.69) is 9.97 Å². The lowest BCUT2D eigenvalue weighted by atomic mass is 9.97. The number of hydrogen-bond donors (Lipinski definition) is 0. The molecule has 8 nitrogen and oxygen atoms in total. The molecule has 0 unspecified atom stereocenters. The number of rotatable bonds is 6. The summed E-state index contributed by atoms with van der Waals surface area (Å²) < 4.78 is 38.6. The number of nitrogens with zero attached hydrogens (tertiary/aromatic N) is 4. The van der Waals surface area contributed by atoms with Crippen LogP contribution in [0.15, 0.2) is 36.7 Å². The number of carbonyl (C=O) groups is 2. The van der Waals surface area contributed by atoms with Crippen LogP contribution in [0.5, 0.6) is 11.6 Å². The summed E-state index contributed by atoms with van der Waals surface area (Å²) in [6.45, 7) is 5.63. The predicted molar refractivity (Wildman–Crippen MR) is 137 cm³/mol. The number of carbonyl (C=O) groups excluding carboxylic acids is 2. The van der Waals surface area contributed by atoms with Crippen LogP contribution in [0.1, 0.15) is 37.3 Å². The second-order valence-corrected chi connectivity index (χ2v) is 9.83. The van der Waals surface area contributed by atoms with Crippen molar-refractivity contribution in [2.75, 3.05) is 33.3 Å². The van der Waals surface area contributed by atoms with Gasteiger partial charge in [-0.1, -0.05) is 0 Å². The highest BCUT2D eigenvalue weighted by molar-refractivity contribution is 5.98. The second kappa shape index (κ2) is 10.5. The molecule has 0 radical (unpaired) electrons. The highest BCUT2D eigenvalue weighted by Gasteiger charge is 2.36. The molecule has 10 heteroatoms. The van der Waals surface area contributed by atoms with Crippen LogP contribution in [0.2, 0.25) is 0 Å². The molecule has 4 heterocycles. The third kappa shape index (κ3) is 4.87. The number of benzene rings is 1. The summed E-state index contributed by atoms with van der Waals surface area (Å²) in [6, 6.07) is 6.88. The van der Waals surface area contributed by atoms with Gasteiger partial charge in [0.2, 0.25) is 17.7 Å². The first-order chi connectivity index (χ1) is 18.3. The van der Waals surface area contributed by atoms with Crippen LogP contribution >= 0.6 is 0 Å². The van der Waals surface area contributed by atoms with Gasteiger partial charge in [0.15, 0.2) is 0 Å². The maximum absolute atomic E-state index is 13.6. The molecule has 2 aromatic heterocycles. The maximum atomic E-state index is 13.6. The monoisotopic (exact) mass is 524 g/mol. The zero-order chi connectivity index (χ0) is 27.0. The Kier molecular flexibility index (Phi) is 7.14. The molecule has 2 aliphatic heterocycles. The van der Waals surface area contributed by atoms with E-state index < -0.39 is 6.43 Å². The number of ether oxygens (including phenoxy) is 2. The van der Waals surface area contributed by atoms with Crippen LogP contribution in [0.3, 0.4) is 0 Å². The van der Waals surface area contributed by atoms with Gasteiger partial charge in [-0.05, 0) is 43.2 Å². The topological polar surface area (TPSA) is 84.9 Å². The van der Waals surface area contributed by atoms with Gasteiger partial charge in [-0.3, -0.25) is 14.6 Å². The number of fused-ring (bicyclic) bond motifs is 1. The van der Waals surface area contributed by atoms with Crippen molar-refractivity contribution >= 4 is 22.7 Å². The van der Waals surface area contributed by atoms with Crippen molar-refractivity contribution < 1.29 is 27.8 Å². The number of halogens is 2. The largest absolute Gasteiger partial charge is 0.488 e. The molecule has 3 aromatic rings. The number of hydrogen-bond acceptors (Lipinski definition) is 6. The fraction of sp³-hybridized carbons (Fsp3) is 0.429. The molecule has 1 aromatic carbocycles. The van der Waals surface area contributed by atoms with Crippen molar-refractivity contribution in [1.82, 2.24) is 19.8 Å². The van der Waals surface area contributed by atoms with E-state index in [1.54, 1.807) is 17.2 Å². The summed E-state index contributed by atoms with van der Waals surface area (Å²) in [7, 11) is 1.32. The first-order valence-corrected chi connectivity index (χ1v) is 12.7. The summed E-state index contributed by atoms with van der Waals surface area (Å²) in [5.41, 5.74) is 2.51. The standard InChI is InChI=1S/C28H30F2N4O4/c1-16-24(38-20-8-11-34(15-20)28(36)18-7-10-33(14-18)17(2)35)5-4-23-25(16)21(6-9-31-23)19-12-22(26(29)30)27(37-3)32-13-19/h4-6,9,12-13,18,20,26H,7-8,10-11,14-15H2,1-3H3/t18-,20+/m1/s1. The highest BCUT2D eigenvalue weighted by Crippen LogP contribution is 2.37. The summed E-state index contributed by atoms with van der Waals surface area (Å²) >= 11 is 0. The van der Waals surface area contributed by atoms with Gasteiger partial charge in [0.25, 0.3) is 6.43 Å². The fourth-order valence-corrected chi connectivity index (χ4v) is 5.42. The predicted octanol–water partition coefficient (Wildman–Crippen LogP) is 4.40. The number of aromatic nitrogens is 2. The minimum Gasteiger partial charge on any atom is -0.488 e. The van der Waals surface area contributed by atoms with E-state index in [4.69, 9.17) is 9.47 Å². The summed E-state index contributed by atoms with van der Waals surface area (Å²) in [5.74, 6) is 0.466. The molecule has 38 heavy (non-hydrogen) atoms. The fourth-order valence-electron chi connectivity index (χ4n) is 5.42. The molecule has 0 spiro atoms. The third-order valence-electron chi connectivity index (χ3n) is 7.47. The molecule has 2 amide bonds. The molecule has 5 rings (SSSR count). The van der Waals surface area contributed by atoms with E-state index in [1.165, 1.54) is 26.3 Å². The molecule has 0 saturated carbocycles. The molecule has 2 aliphatic rings. The van der Waals surface area contributed by atoms with Gasteiger partial charge in [-0.25, -0.2) is 13.8 Å². The van der Waals surface area contributed by atoms with E-state index in [-0.39, 0.29) is 35.3 Å². The lowest BCUT2D eigenvalue weighted by molar-refractivity contribution is -0.134. The molecule has 0 N–H and O–H groups in total. The number of methoxy groups -OCH3 is 1. The van der Waals surface area contributed by atoms with E-state index >= 15 is 0 Å². The maximum Gasteiger partial charge on any atom is 0.269 e. The molecule has 0 bridgehead atoms. The van der Waals surface area contributed by atoms with Gasteiger partial charge in [0.1, 0.15) is 11.9 Å². The highest BCUT2D eigenvalue weighted by atomic mass is 19.3. The zero-order valence-electron chi connectivity index (χ0n) is 21.6. The molecule has 0 aliphatic carbocycles. The average Bonchev–Trinajstić information content (AvgIpc) is 3.60. The molecule has 2 fully saturated rings. The smallest absolute Gasteiger partial charge is 0.269 e. The minimum atomic E-state index is -2.73. The van der Waals surface area contributed by atoms with Gasteiger partial charge in [-0.2, -0.15) is 0 Å². The Morgan fingerprint density at radius 1 is 1.08 bits per heavy atom. The lowest BCUT2D eigenvalue weighted by Gasteiger charge is -2.22. The number of amides is 2. The van der Waals surface area contributed by atoms with Crippen molar-refractivity contribution in [1.29, 1.82) is 0 Å². The molecule has 2 saturated heterocycles. The number of likely N-dealkylation sites (tertiary alicyclic amines) is 2. The molecular weight excluding hydrogens is 494 g/mol. The van der Waals surface area contributed by atoms with Gasteiger partial charge in [0.05, 0.1) is 30.7 Å². The first kappa shape index (κ1) is 25.8. The molecule has 2 atom stereocenters. The molecule has 200 valence electrons. The quantitative estimate of drug-likeness (QED) is 0.475. The Bertz CT molecular complexity index is 1380. The summed E-state index contributed by atoms with van der Waals surface area (Å²) in [4.78, 5) is 36.8. The van der Waals surface area contributed by atoms with Crippen LogP contribution in [0, 0.1) is 12.8 Å². The third-order valence-corrected chi connectivity index (χ3v) is 7.47. The van der Waals surface area contributed by atoms with E-state index in [9.17, 15) is 18.4 Å². The van der Waals surface area contributed by atoms with Crippen LogP contribution in [-0.2, 0) is 9.59 Å². The number of pyridine rings is 2. The average molecular weight is 525 g/mol. The van der Waals surface area contributed by atoms with Gasteiger partial charge >= 0.3 is 0 Å². The number of alkyl halides is 2. The van der Waals surface area contributed by atoms with E-state index in [0.29, 0.717) is 55.9 Å². The molecular formula is C28H30F2N4O4. The van der Waals surface area contributed by atoms with Gasteiger partial charge in [-0.15, -0.1) is 0 Å². The van der Waals surface area contributed by atoms with Crippen molar-refractivity contribution in [2.24, 2.45) is 5.92 Å². The van der Waals surface area contributed by atoms with Crippen LogP contribution in [-0.4, -0.2) is 71.0 Å². The minimum absolute atomic E-state index is 0.000536. The van der Waals surface area contributed by atoms with Gasteiger partial charge < -0.3 is 19.3 Å². The summed E-state index contributed by atoms with van der Waals surface area (Å²) in [6.07, 6.45) is 1.64. The Balaban J connectivity index is 1.37. The van der Waals surface area contributed by atoms with Crippen molar-refractivity contribution in [3.05, 3.63) is 47.8 Å². The van der Waals surface area contributed by atoms with Crippen molar-refractivity contribution in [3.63, 3.8) is 0 Å². The second-order valence-electron chi connectivity index (χ2n) is 9.83. The lowest BCUT2D eigenvalue weighted by Crippen LogP contribution is -2.37. The zero-order valence-corrected chi connectivity index (χ0v) is 21.6. The summed E-state index contributed by atoms with van der Waals surface area (Å²) in [5, 5.41) is 0.790. The van der Waals surface area contributed by atoms with Crippen LogP contribution < -0.4 is 9.47 Å². The first-order valence-electron chi connectivity index (χ1n) is 12.7. The van der Waals surface area contributed by atoms with Crippen molar-refractivity contribution in [2.45, 2.75) is 39.2 Å². The van der Waals surface area contributed by atoms with Crippen LogP contribution in [0.25, 0.3) is 22.0 Å². The van der Waals surface area contributed by atoms with E-state index in [1.807, 2.05) is 24.0 Å². The van der Waals surface area contributed by atoms with E-state index in [0.717, 1.165) is 16.5 Å². The Labute approximate surface area is 219 Å². The van der Waals surface area contributed by atoms with Gasteiger partial charge in [0, 0.05) is 61.9 Å². The Morgan fingerprint density at radius 3 is 2.58 bits per heavy atom. The Hall–Kier alpha value is -3.82. The Morgan fingerprint density at radius 2 is 1.87 bits per heavy atom.